The van der Waals surface area contributed by atoms with E-state index in [2.05, 4.69) is 18.8 Å². The van der Waals surface area contributed by atoms with Crippen LogP contribution >= 0.6 is 27.0 Å². The summed E-state index contributed by atoms with van der Waals surface area (Å²) in [5.74, 6) is 0.960. The van der Waals surface area contributed by atoms with Gasteiger partial charge in [-0.1, -0.05) is 11.3 Å². The minimum atomic E-state index is -5.43. The van der Waals surface area contributed by atoms with Crippen LogP contribution in [0.2, 0.25) is 0 Å². The predicted octanol–water partition coefficient (Wildman–Crippen LogP) is -0.422. The van der Waals surface area contributed by atoms with E-state index in [1.807, 2.05) is 17.0 Å². The zero-order valence-corrected chi connectivity index (χ0v) is 16.5. The van der Waals surface area contributed by atoms with Crippen molar-refractivity contribution in [3.05, 3.63) is 33.7 Å². The Morgan fingerprint density at radius 2 is 2.08 bits per heavy atom. The molecule has 2 heterocycles. The average Bonchev–Trinajstić information content (AvgIpc) is 2.80. The summed E-state index contributed by atoms with van der Waals surface area (Å²) in [7, 11) is -10.6. The van der Waals surface area contributed by atoms with Gasteiger partial charge in [0, 0.05) is 19.5 Å². The fourth-order valence-electron chi connectivity index (χ4n) is 2.07. The lowest BCUT2D eigenvalue weighted by Crippen LogP contribution is -2.35. The molecule has 0 aliphatic heterocycles. The van der Waals surface area contributed by atoms with Crippen molar-refractivity contribution in [1.82, 2.24) is 9.97 Å². The standard InChI is InChI=1S/C12H18N4O7P2S/c1-8-11(3-4-22-25(20,21)23-24(17,18)19)26-7-16(8)6-10-5-14-9(2)15-12(10)13/h5,7H,3-4,6H2,1-2H3,(H4-,13,14,15,17,18,19,20,21)/p-1. The zero-order valence-electron chi connectivity index (χ0n) is 13.9. The first kappa shape index (κ1) is 21.1. The number of nitrogens with two attached hydrogens (primary N) is 1. The minimum absolute atomic E-state index is 0.202. The van der Waals surface area contributed by atoms with Crippen molar-refractivity contribution in [2.24, 2.45) is 0 Å². The second kappa shape index (κ2) is 8.20. The highest BCUT2D eigenvalue weighted by Crippen LogP contribution is 2.52. The van der Waals surface area contributed by atoms with Crippen LogP contribution in [0.1, 0.15) is 22.0 Å². The number of phosphoric ester groups is 1. The van der Waals surface area contributed by atoms with Crippen LogP contribution in [0.5, 0.6) is 0 Å². The van der Waals surface area contributed by atoms with Crippen LogP contribution in [0.25, 0.3) is 0 Å². The number of rotatable bonds is 8. The molecule has 3 N–H and O–H groups in total. The first-order chi connectivity index (χ1) is 12.0. The highest BCUT2D eigenvalue weighted by atomic mass is 32.1. The number of nitrogen functional groups attached to an aromatic ring is 1. The van der Waals surface area contributed by atoms with Gasteiger partial charge >= 0.3 is 0 Å². The number of hydrogen-bond donors (Lipinski definition) is 2. The molecule has 144 valence electrons. The number of aryl methyl sites for hydroxylation is 1. The lowest BCUT2D eigenvalue weighted by Gasteiger charge is -2.26. The Labute approximate surface area is 153 Å². The van der Waals surface area contributed by atoms with Gasteiger partial charge in [0.25, 0.3) is 15.6 Å². The maximum absolute atomic E-state index is 11.3. The van der Waals surface area contributed by atoms with E-state index in [9.17, 15) is 18.9 Å². The molecule has 0 saturated carbocycles. The Morgan fingerprint density at radius 3 is 2.69 bits per heavy atom. The maximum Gasteiger partial charge on any atom is 0.274 e. The SMILES string of the molecule is Cc1ncc(C[n+]2csc(CCOP(=O)([O-])OP(=O)([O-])O)c2C)c(N)n1. The van der Waals surface area contributed by atoms with Gasteiger partial charge in [-0.05, 0) is 6.92 Å². The number of thiazole rings is 1. The zero-order chi connectivity index (χ0) is 19.5. The van der Waals surface area contributed by atoms with Crippen molar-refractivity contribution in [2.75, 3.05) is 12.3 Å². The molecule has 14 heteroatoms. The van der Waals surface area contributed by atoms with E-state index in [-0.39, 0.29) is 13.0 Å². The van der Waals surface area contributed by atoms with Crippen molar-refractivity contribution in [3.8, 4) is 0 Å². The lowest BCUT2D eigenvalue weighted by atomic mass is 10.2. The second-order valence-electron chi connectivity index (χ2n) is 5.27. The van der Waals surface area contributed by atoms with E-state index in [1.54, 1.807) is 13.1 Å². The fraction of sp³-hybridized carbons (Fsp3) is 0.417. The van der Waals surface area contributed by atoms with Gasteiger partial charge in [-0.25, -0.2) is 14.3 Å². The summed E-state index contributed by atoms with van der Waals surface area (Å²) in [6, 6.07) is 0. The van der Waals surface area contributed by atoms with Crippen LogP contribution in [0.4, 0.5) is 5.82 Å². The third-order valence-corrected chi connectivity index (χ3v) is 6.57. The van der Waals surface area contributed by atoms with Gasteiger partial charge in [0.1, 0.15) is 11.6 Å². The number of anilines is 1. The Balaban J connectivity index is 1.98. The first-order valence-corrected chi connectivity index (χ1v) is 11.1. The maximum atomic E-state index is 11.3. The third-order valence-electron chi connectivity index (χ3n) is 3.30. The number of phosphoric acid groups is 2. The van der Waals surface area contributed by atoms with Gasteiger partial charge in [0.05, 0.1) is 17.0 Å². The van der Waals surface area contributed by atoms with Crippen molar-refractivity contribution in [3.63, 3.8) is 0 Å². The summed E-state index contributed by atoms with van der Waals surface area (Å²) in [6.07, 6.45) is 1.85. The molecule has 0 radical (unpaired) electrons. The van der Waals surface area contributed by atoms with Crippen LogP contribution in [-0.4, -0.2) is 21.5 Å². The third kappa shape index (κ3) is 6.19. The fourth-order valence-corrected chi connectivity index (χ4v) is 4.56. The second-order valence-corrected chi connectivity index (χ2v) is 8.95. The molecule has 0 aromatic carbocycles. The summed E-state index contributed by atoms with van der Waals surface area (Å²) in [5, 5.41) is 0. The molecule has 0 fully saturated rings. The molecule has 2 aromatic heterocycles. The quantitative estimate of drug-likeness (QED) is 0.419. The Hall–Kier alpha value is -1.23. The van der Waals surface area contributed by atoms with Gasteiger partial charge in [0.2, 0.25) is 5.51 Å². The van der Waals surface area contributed by atoms with Crippen molar-refractivity contribution < 1.29 is 37.2 Å². The van der Waals surface area contributed by atoms with Gasteiger partial charge in [0.15, 0.2) is 12.2 Å². The predicted molar refractivity (Wildman–Crippen MR) is 87.7 cm³/mol. The monoisotopic (exact) mass is 423 g/mol. The summed E-state index contributed by atoms with van der Waals surface area (Å²) in [5.41, 5.74) is 9.31. The molecule has 0 aliphatic carbocycles. The number of aromatic nitrogens is 3. The van der Waals surface area contributed by atoms with E-state index < -0.39 is 15.6 Å². The molecule has 0 spiro atoms. The molecule has 11 nitrogen and oxygen atoms in total. The molecule has 2 atom stereocenters. The lowest BCUT2D eigenvalue weighted by molar-refractivity contribution is -0.689. The van der Waals surface area contributed by atoms with Gasteiger partial charge in [-0.15, -0.1) is 0 Å². The van der Waals surface area contributed by atoms with E-state index in [1.165, 1.54) is 11.3 Å². The van der Waals surface area contributed by atoms with Crippen LogP contribution < -0.4 is 20.1 Å². The molecule has 2 rings (SSSR count). The summed E-state index contributed by atoms with van der Waals surface area (Å²) >= 11 is 1.37. The van der Waals surface area contributed by atoms with Crippen LogP contribution in [-0.2, 0) is 30.9 Å². The summed E-state index contributed by atoms with van der Waals surface area (Å²) in [4.78, 5) is 39.1. The molecule has 0 amide bonds. The van der Waals surface area contributed by atoms with Crippen LogP contribution in [0.3, 0.4) is 0 Å². The number of nitrogens with zero attached hydrogens (tertiary/aromatic N) is 3. The van der Waals surface area contributed by atoms with Gasteiger partial charge in [-0.3, -0.25) is 9.13 Å². The van der Waals surface area contributed by atoms with Crippen molar-refractivity contribution in [1.29, 1.82) is 0 Å². The van der Waals surface area contributed by atoms with Gasteiger partial charge < -0.3 is 24.9 Å². The Kier molecular flexibility index (Phi) is 6.65. The molecular weight excluding hydrogens is 406 g/mol. The molecule has 0 aliphatic rings. The summed E-state index contributed by atoms with van der Waals surface area (Å²) in [6.45, 7) is 3.69. The first-order valence-electron chi connectivity index (χ1n) is 7.22. The molecule has 0 bridgehead atoms. The molecule has 2 aromatic rings. The number of hydrogen-bond acceptors (Lipinski definition) is 10. The van der Waals surface area contributed by atoms with E-state index >= 15 is 0 Å². The smallest absolute Gasteiger partial charge is 0.274 e. The van der Waals surface area contributed by atoms with E-state index in [0.717, 1.165) is 16.1 Å². The topological polar surface area (TPSA) is 175 Å². The van der Waals surface area contributed by atoms with Crippen molar-refractivity contribution >= 4 is 32.8 Å². The Morgan fingerprint density at radius 1 is 1.38 bits per heavy atom. The highest BCUT2D eigenvalue weighted by molar-refractivity contribution is 7.59. The summed E-state index contributed by atoms with van der Waals surface area (Å²) < 4.78 is 31.5. The van der Waals surface area contributed by atoms with Gasteiger partial charge in [-0.2, -0.15) is 4.57 Å². The highest BCUT2D eigenvalue weighted by Gasteiger charge is 2.20. The average molecular weight is 423 g/mol. The Bertz CT molecular complexity index is 884. The van der Waals surface area contributed by atoms with Crippen molar-refractivity contribution in [2.45, 2.75) is 26.8 Å². The van der Waals surface area contributed by atoms with Crippen LogP contribution in [0, 0.1) is 13.8 Å². The normalized spacial score (nSPS) is 16.2. The largest absolute Gasteiger partial charge is 0.756 e. The molecule has 26 heavy (non-hydrogen) atoms. The van der Waals surface area contributed by atoms with E-state index in [4.69, 9.17) is 10.6 Å². The molecule has 2 unspecified atom stereocenters. The van der Waals surface area contributed by atoms with Crippen LogP contribution in [0.15, 0.2) is 11.7 Å². The minimum Gasteiger partial charge on any atom is -0.756 e. The van der Waals surface area contributed by atoms with E-state index in [0.29, 0.717) is 18.2 Å². The molecular formula is C12H17N4O7P2S-. The molecule has 0 saturated heterocycles.